The Hall–Kier alpha value is -3.52. The molecule has 2 aliphatic rings. The maximum Gasteiger partial charge on any atom is 0.272 e. The van der Waals surface area contributed by atoms with Gasteiger partial charge in [0.15, 0.2) is 0 Å². The molecule has 3 heterocycles. The zero-order chi connectivity index (χ0) is 23.7. The summed E-state index contributed by atoms with van der Waals surface area (Å²) in [5, 5.41) is 9.54. The predicted molar refractivity (Wildman–Crippen MR) is 127 cm³/mol. The number of hydrogen-bond acceptors (Lipinski definition) is 5. The first-order valence-electron chi connectivity index (χ1n) is 11.7. The second kappa shape index (κ2) is 9.02. The van der Waals surface area contributed by atoms with Gasteiger partial charge in [-0.3, -0.25) is 19.2 Å². The molecule has 2 aromatic carbocycles. The average Bonchev–Trinajstić information content (AvgIpc) is 3.17. The van der Waals surface area contributed by atoms with Crippen molar-refractivity contribution in [2.75, 3.05) is 13.1 Å². The predicted octanol–water partition coefficient (Wildman–Crippen LogP) is 3.14. The smallest absolute Gasteiger partial charge is 0.272 e. The number of likely N-dealkylation sites (tertiary alicyclic amines) is 1. The third kappa shape index (κ3) is 3.98. The SMILES string of the molecule is CC(C(=O)N1CCC2(CCC(=O)N2OCc2ccccc2)CC1)c1n[nH]c(=O)c2ccccc12. The lowest BCUT2D eigenvalue weighted by molar-refractivity contribution is -0.222. The number of H-pyrrole nitrogens is 1. The van der Waals surface area contributed by atoms with Crippen LogP contribution in [0.4, 0.5) is 0 Å². The van der Waals surface area contributed by atoms with E-state index in [9.17, 15) is 14.4 Å². The van der Waals surface area contributed by atoms with E-state index >= 15 is 0 Å². The molecule has 2 saturated heterocycles. The molecule has 1 unspecified atom stereocenters. The number of benzene rings is 2. The van der Waals surface area contributed by atoms with Gasteiger partial charge in [-0.25, -0.2) is 10.2 Å². The summed E-state index contributed by atoms with van der Waals surface area (Å²) in [6.45, 7) is 3.26. The van der Waals surface area contributed by atoms with Crippen LogP contribution in [0.25, 0.3) is 10.8 Å². The maximum absolute atomic E-state index is 13.4. The zero-order valence-electron chi connectivity index (χ0n) is 19.2. The second-order valence-electron chi connectivity index (χ2n) is 9.20. The summed E-state index contributed by atoms with van der Waals surface area (Å²) in [6.07, 6.45) is 2.55. The van der Waals surface area contributed by atoms with Crippen molar-refractivity contribution in [3.8, 4) is 0 Å². The van der Waals surface area contributed by atoms with E-state index < -0.39 is 5.92 Å². The monoisotopic (exact) mass is 460 g/mol. The highest BCUT2D eigenvalue weighted by Crippen LogP contribution is 2.40. The van der Waals surface area contributed by atoms with Gasteiger partial charge in [0.1, 0.15) is 6.61 Å². The number of hydrogen-bond donors (Lipinski definition) is 1. The molecule has 1 spiro atoms. The molecule has 34 heavy (non-hydrogen) atoms. The minimum absolute atomic E-state index is 0.00739. The number of nitrogens with zero attached hydrogens (tertiary/aromatic N) is 3. The van der Waals surface area contributed by atoms with Crippen LogP contribution in [0.5, 0.6) is 0 Å². The fraction of sp³-hybridized carbons (Fsp3) is 0.385. The van der Waals surface area contributed by atoms with E-state index in [-0.39, 0.29) is 22.9 Å². The van der Waals surface area contributed by atoms with Crippen molar-refractivity contribution < 1.29 is 14.4 Å². The van der Waals surface area contributed by atoms with Crippen LogP contribution in [0, 0.1) is 0 Å². The molecule has 3 aromatic rings. The van der Waals surface area contributed by atoms with Gasteiger partial charge >= 0.3 is 0 Å². The van der Waals surface area contributed by atoms with E-state index in [4.69, 9.17) is 4.84 Å². The van der Waals surface area contributed by atoms with Crippen molar-refractivity contribution in [3.63, 3.8) is 0 Å². The van der Waals surface area contributed by atoms with Crippen molar-refractivity contribution >= 4 is 22.6 Å². The molecule has 0 bridgehead atoms. The highest BCUT2D eigenvalue weighted by molar-refractivity contribution is 5.91. The Bertz CT molecular complexity index is 1260. The Balaban J connectivity index is 1.28. The molecule has 1 N–H and O–H groups in total. The normalized spacial score (nSPS) is 18.6. The number of fused-ring (bicyclic) bond motifs is 1. The number of rotatable bonds is 5. The van der Waals surface area contributed by atoms with Gasteiger partial charge in [-0.15, -0.1) is 0 Å². The van der Waals surface area contributed by atoms with Crippen molar-refractivity contribution in [1.29, 1.82) is 0 Å². The van der Waals surface area contributed by atoms with Crippen molar-refractivity contribution in [1.82, 2.24) is 20.2 Å². The molecule has 8 nitrogen and oxygen atoms in total. The van der Waals surface area contributed by atoms with Crippen molar-refractivity contribution in [2.45, 2.75) is 50.7 Å². The van der Waals surface area contributed by atoms with Crippen molar-refractivity contribution in [2.24, 2.45) is 0 Å². The second-order valence-corrected chi connectivity index (χ2v) is 9.20. The summed E-state index contributed by atoms with van der Waals surface area (Å²) < 4.78 is 0. The van der Waals surface area contributed by atoms with Gasteiger partial charge < -0.3 is 4.90 Å². The lowest BCUT2D eigenvalue weighted by atomic mass is 9.85. The summed E-state index contributed by atoms with van der Waals surface area (Å²) in [5.41, 5.74) is 0.957. The molecule has 5 rings (SSSR count). The van der Waals surface area contributed by atoms with E-state index in [0.29, 0.717) is 55.4 Å². The molecule has 0 aliphatic carbocycles. The Morgan fingerprint density at radius 1 is 1.03 bits per heavy atom. The molecule has 0 saturated carbocycles. The summed E-state index contributed by atoms with van der Waals surface area (Å²) >= 11 is 0. The molecule has 8 heteroatoms. The van der Waals surface area contributed by atoms with Gasteiger partial charge in [0.05, 0.1) is 22.5 Å². The Kier molecular flexibility index (Phi) is 5.91. The highest BCUT2D eigenvalue weighted by Gasteiger charge is 2.49. The number of hydroxylamine groups is 2. The van der Waals surface area contributed by atoms with E-state index in [1.807, 2.05) is 54.3 Å². The van der Waals surface area contributed by atoms with E-state index in [0.717, 1.165) is 12.0 Å². The number of aromatic nitrogens is 2. The number of carbonyl (C=O) groups is 2. The first kappa shape index (κ1) is 22.3. The fourth-order valence-corrected chi connectivity index (χ4v) is 5.18. The lowest BCUT2D eigenvalue weighted by Crippen LogP contribution is -2.54. The van der Waals surface area contributed by atoms with Crippen LogP contribution in [0.15, 0.2) is 59.4 Å². The topological polar surface area (TPSA) is 95.6 Å². The van der Waals surface area contributed by atoms with Crippen LogP contribution in [0.2, 0.25) is 0 Å². The zero-order valence-corrected chi connectivity index (χ0v) is 19.2. The summed E-state index contributed by atoms with van der Waals surface area (Å²) in [4.78, 5) is 45.9. The number of piperidine rings is 1. The van der Waals surface area contributed by atoms with Crippen molar-refractivity contribution in [3.05, 3.63) is 76.2 Å². The van der Waals surface area contributed by atoms with Crippen LogP contribution in [-0.4, -0.2) is 50.6 Å². The molecule has 0 radical (unpaired) electrons. The van der Waals surface area contributed by atoms with Gasteiger partial charge in [0, 0.05) is 24.9 Å². The molecular formula is C26H28N4O4. The highest BCUT2D eigenvalue weighted by atomic mass is 16.7. The fourth-order valence-electron chi connectivity index (χ4n) is 5.18. The molecule has 176 valence electrons. The van der Waals surface area contributed by atoms with E-state index in [1.54, 1.807) is 17.2 Å². The van der Waals surface area contributed by atoms with Crippen LogP contribution < -0.4 is 5.56 Å². The summed E-state index contributed by atoms with van der Waals surface area (Å²) in [5.74, 6) is -0.514. The third-order valence-electron chi connectivity index (χ3n) is 7.18. The Morgan fingerprint density at radius 2 is 1.71 bits per heavy atom. The first-order valence-corrected chi connectivity index (χ1v) is 11.7. The number of nitrogens with one attached hydrogen (secondary N) is 1. The number of amides is 2. The van der Waals surface area contributed by atoms with Gasteiger partial charge in [0.2, 0.25) is 11.8 Å². The van der Waals surface area contributed by atoms with Gasteiger partial charge in [-0.2, -0.15) is 5.10 Å². The summed E-state index contributed by atoms with van der Waals surface area (Å²) in [6, 6.07) is 17.0. The lowest BCUT2D eigenvalue weighted by Gasteiger charge is -2.44. The van der Waals surface area contributed by atoms with Gasteiger partial charge in [0.25, 0.3) is 5.56 Å². The summed E-state index contributed by atoms with van der Waals surface area (Å²) in [7, 11) is 0. The minimum Gasteiger partial charge on any atom is -0.342 e. The average molecular weight is 461 g/mol. The van der Waals surface area contributed by atoms with Gasteiger partial charge in [-0.1, -0.05) is 48.5 Å². The Labute approximate surface area is 197 Å². The largest absolute Gasteiger partial charge is 0.342 e. The number of aromatic amines is 1. The standard InChI is InChI=1S/C26H28N4O4/c1-18(23-20-9-5-6-10-21(20)24(32)28-27-23)25(33)29-15-13-26(14-16-29)12-11-22(31)30(26)34-17-19-7-3-2-4-8-19/h2-10,18H,11-17H2,1H3,(H,28,32). The first-order chi connectivity index (χ1) is 16.5. The van der Waals surface area contributed by atoms with E-state index in [1.165, 1.54) is 0 Å². The van der Waals surface area contributed by atoms with Crippen LogP contribution in [0.3, 0.4) is 0 Å². The van der Waals surface area contributed by atoms with Crippen LogP contribution in [0.1, 0.15) is 49.8 Å². The third-order valence-corrected chi connectivity index (χ3v) is 7.18. The molecule has 1 atom stereocenters. The molecule has 1 aromatic heterocycles. The molecular weight excluding hydrogens is 432 g/mol. The molecule has 2 fully saturated rings. The van der Waals surface area contributed by atoms with Crippen LogP contribution >= 0.6 is 0 Å². The molecule has 2 amide bonds. The van der Waals surface area contributed by atoms with Crippen LogP contribution in [-0.2, 0) is 21.0 Å². The Morgan fingerprint density at radius 3 is 2.44 bits per heavy atom. The molecule has 2 aliphatic heterocycles. The quantitative estimate of drug-likeness (QED) is 0.631. The number of carbonyl (C=O) groups excluding carboxylic acids is 2. The minimum atomic E-state index is -0.494. The van der Waals surface area contributed by atoms with Gasteiger partial charge in [-0.05, 0) is 37.8 Å². The maximum atomic E-state index is 13.4. The van der Waals surface area contributed by atoms with E-state index in [2.05, 4.69) is 10.2 Å².